The molecule has 0 radical (unpaired) electrons. The normalized spacial score (nSPS) is 18.1. The fourth-order valence-electron chi connectivity index (χ4n) is 4.17. The first kappa shape index (κ1) is 22.7. The van der Waals surface area contributed by atoms with Crippen LogP contribution in [0.4, 0.5) is 0 Å². The van der Waals surface area contributed by atoms with Crippen molar-refractivity contribution in [2.45, 2.75) is 25.9 Å². The first-order valence-electron chi connectivity index (χ1n) is 11.1. The Labute approximate surface area is 193 Å². The third kappa shape index (κ3) is 4.68. The summed E-state index contributed by atoms with van der Waals surface area (Å²) in [5.41, 5.74) is 3.28. The fraction of sp³-hybridized carbons (Fsp3) is 0.346. The van der Waals surface area contributed by atoms with Crippen LogP contribution in [0.25, 0.3) is 10.9 Å². The second-order valence-electron chi connectivity index (χ2n) is 7.96. The lowest BCUT2D eigenvalue weighted by Gasteiger charge is -2.32. The molecular weight excluding hydrogens is 420 g/mol. The van der Waals surface area contributed by atoms with Crippen LogP contribution in [-0.2, 0) is 30.2 Å². The molecule has 0 spiro atoms. The topological polar surface area (TPSA) is 78.0 Å². The average molecular weight is 449 g/mol. The Morgan fingerprint density at radius 2 is 2.00 bits per heavy atom. The van der Waals surface area contributed by atoms with Gasteiger partial charge in [0.25, 0.3) is 0 Å². The molecule has 0 N–H and O–H groups in total. The van der Waals surface area contributed by atoms with Crippen LogP contribution >= 0.6 is 0 Å². The van der Waals surface area contributed by atoms with Gasteiger partial charge in [-0.25, -0.2) is 4.79 Å². The zero-order chi connectivity index (χ0) is 23.4. The number of ketones is 1. The lowest BCUT2D eigenvalue weighted by atomic mass is 9.85. The molecular formula is C26H28N2O5. The van der Waals surface area contributed by atoms with Gasteiger partial charge in [-0.2, -0.15) is 0 Å². The van der Waals surface area contributed by atoms with Crippen LogP contribution in [0.3, 0.4) is 0 Å². The molecule has 33 heavy (non-hydrogen) atoms. The van der Waals surface area contributed by atoms with Gasteiger partial charge in [0.05, 0.1) is 31.9 Å². The van der Waals surface area contributed by atoms with Crippen molar-refractivity contribution >= 4 is 22.7 Å². The molecule has 1 atom stereocenters. The van der Waals surface area contributed by atoms with Gasteiger partial charge in [0.15, 0.2) is 6.10 Å². The highest BCUT2D eigenvalue weighted by atomic mass is 16.5. The third-order valence-corrected chi connectivity index (χ3v) is 5.91. The Balaban J connectivity index is 1.48. The van der Waals surface area contributed by atoms with E-state index in [1.165, 1.54) is 14.2 Å². The number of carbonyl (C=O) groups is 2. The van der Waals surface area contributed by atoms with E-state index in [2.05, 4.69) is 11.1 Å². The van der Waals surface area contributed by atoms with E-state index in [4.69, 9.17) is 14.2 Å². The number of aromatic nitrogens is 1. The number of Topliss-reactive ketones (excluding diaryl/α,β-unsaturated/α-hetero) is 1. The molecule has 1 unspecified atom stereocenters. The second kappa shape index (κ2) is 10.0. The number of benzene rings is 1. The summed E-state index contributed by atoms with van der Waals surface area (Å²) in [6, 6.07) is 12.1. The van der Waals surface area contributed by atoms with Crippen molar-refractivity contribution in [3.63, 3.8) is 0 Å². The van der Waals surface area contributed by atoms with Gasteiger partial charge in [-0.05, 0) is 38.0 Å². The lowest BCUT2D eigenvalue weighted by Crippen LogP contribution is -2.39. The molecule has 2 aromatic rings. The Hall–Kier alpha value is -3.45. The van der Waals surface area contributed by atoms with Crippen molar-refractivity contribution in [3.05, 3.63) is 76.8 Å². The number of allylic oxidation sites excluding steroid dienone is 2. The molecule has 1 aromatic carbocycles. The molecule has 0 fully saturated rings. The molecule has 172 valence electrons. The SMILES string of the molecule is CCN1C=C2C=C(OC)C(OCCCc3ccc4ccccc4n3)C(=O)C2=C(C(=O)OC)C1. The number of fused-ring (bicyclic) bond motifs is 2. The maximum absolute atomic E-state index is 13.4. The van der Waals surface area contributed by atoms with E-state index in [0.717, 1.165) is 23.0 Å². The van der Waals surface area contributed by atoms with E-state index in [-0.39, 0.29) is 5.78 Å². The van der Waals surface area contributed by atoms with Crippen LogP contribution < -0.4 is 0 Å². The molecule has 7 nitrogen and oxygen atoms in total. The van der Waals surface area contributed by atoms with Gasteiger partial charge >= 0.3 is 5.97 Å². The molecule has 0 bridgehead atoms. The van der Waals surface area contributed by atoms with E-state index in [1.807, 2.05) is 48.4 Å². The molecule has 0 saturated carbocycles. The Kier molecular flexibility index (Phi) is 6.89. The zero-order valence-corrected chi connectivity index (χ0v) is 19.2. The van der Waals surface area contributed by atoms with Crippen LogP contribution in [0.2, 0.25) is 0 Å². The summed E-state index contributed by atoms with van der Waals surface area (Å²) < 4.78 is 16.4. The molecule has 1 aromatic heterocycles. The first-order chi connectivity index (χ1) is 16.0. The Morgan fingerprint density at radius 1 is 1.18 bits per heavy atom. The molecule has 1 aliphatic heterocycles. The fourth-order valence-corrected chi connectivity index (χ4v) is 4.17. The van der Waals surface area contributed by atoms with Gasteiger partial charge in [-0.3, -0.25) is 9.78 Å². The van der Waals surface area contributed by atoms with E-state index in [0.29, 0.717) is 48.6 Å². The number of hydrogen-bond acceptors (Lipinski definition) is 7. The van der Waals surface area contributed by atoms with Crippen LogP contribution in [0.5, 0.6) is 0 Å². The highest BCUT2D eigenvalue weighted by Gasteiger charge is 2.39. The van der Waals surface area contributed by atoms with Crippen molar-refractivity contribution in [2.75, 3.05) is 33.9 Å². The van der Waals surface area contributed by atoms with Crippen LogP contribution in [-0.4, -0.2) is 61.7 Å². The van der Waals surface area contributed by atoms with Gasteiger partial charge in [0, 0.05) is 41.6 Å². The quantitative estimate of drug-likeness (QED) is 0.453. The number of likely N-dealkylation sites (N-methyl/N-ethyl adjacent to an activating group) is 1. The van der Waals surface area contributed by atoms with Crippen LogP contribution in [0, 0.1) is 0 Å². The summed E-state index contributed by atoms with van der Waals surface area (Å²) in [5.74, 6) is -0.348. The maximum atomic E-state index is 13.4. The van der Waals surface area contributed by atoms with Crippen LogP contribution in [0.1, 0.15) is 19.0 Å². The molecule has 7 heteroatoms. The monoisotopic (exact) mass is 448 g/mol. The number of carbonyl (C=O) groups excluding carboxylic acids is 2. The summed E-state index contributed by atoms with van der Waals surface area (Å²) in [4.78, 5) is 32.4. The number of para-hydroxylation sites is 1. The highest BCUT2D eigenvalue weighted by Crippen LogP contribution is 2.33. The van der Waals surface area contributed by atoms with Gasteiger partial charge < -0.3 is 19.1 Å². The average Bonchev–Trinajstić information content (AvgIpc) is 2.85. The van der Waals surface area contributed by atoms with E-state index in [9.17, 15) is 9.59 Å². The zero-order valence-electron chi connectivity index (χ0n) is 19.2. The summed E-state index contributed by atoms with van der Waals surface area (Å²) in [7, 11) is 2.84. The third-order valence-electron chi connectivity index (χ3n) is 5.91. The van der Waals surface area contributed by atoms with Crippen molar-refractivity contribution in [1.82, 2.24) is 9.88 Å². The minimum Gasteiger partial charge on any atom is -0.498 e. The summed E-state index contributed by atoms with van der Waals surface area (Å²) in [6.07, 6.45) is 4.18. The summed E-state index contributed by atoms with van der Waals surface area (Å²) >= 11 is 0. The number of esters is 1. The minimum absolute atomic E-state index is 0.277. The van der Waals surface area contributed by atoms with Gasteiger partial charge in [0.2, 0.25) is 5.78 Å². The molecule has 4 rings (SSSR count). The van der Waals surface area contributed by atoms with Crippen LogP contribution in [0.15, 0.2) is 71.2 Å². The second-order valence-corrected chi connectivity index (χ2v) is 7.96. The smallest absolute Gasteiger partial charge is 0.336 e. The van der Waals surface area contributed by atoms with Crippen molar-refractivity contribution in [3.8, 4) is 0 Å². The van der Waals surface area contributed by atoms with Crippen molar-refractivity contribution < 1.29 is 23.8 Å². The first-order valence-corrected chi connectivity index (χ1v) is 11.1. The lowest BCUT2D eigenvalue weighted by molar-refractivity contribution is -0.137. The minimum atomic E-state index is -0.889. The molecule has 1 aliphatic carbocycles. The molecule has 2 heterocycles. The number of methoxy groups -OCH3 is 2. The molecule has 2 aliphatic rings. The Bertz CT molecular complexity index is 1160. The predicted molar refractivity (Wildman–Crippen MR) is 124 cm³/mol. The van der Waals surface area contributed by atoms with E-state index >= 15 is 0 Å². The number of pyridine rings is 1. The number of aryl methyl sites for hydroxylation is 1. The Morgan fingerprint density at radius 3 is 2.76 bits per heavy atom. The van der Waals surface area contributed by atoms with Gasteiger partial charge in [0.1, 0.15) is 5.76 Å². The van der Waals surface area contributed by atoms with Gasteiger partial charge in [-0.1, -0.05) is 24.3 Å². The largest absolute Gasteiger partial charge is 0.498 e. The number of nitrogens with zero attached hydrogens (tertiary/aromatic N) is 2. The summed E-state index contributed by atoms with van der Waals surface area (Å²) in [6.45, 7) is 3.36. The number of rotatable bonds is 8. The highest BCUT2D eigenvalue weighted by molar-refractivity contribution is 6.12. The van der Waals surface area contributed by atoms with Gasteiger partial charge in [-0.15, -0.1) is 0 Å². The number of ether oxygens (including phenoxy) is 3. The number of hydrogen-bond donors (Lipinski definition) is 0. The molecule has 0 amide bonds. The summed E-state index contributed by atoms with van der Waals surface area (Å²) in [5, 5.41) is 1.10. The van der Waals surface area contributed by atoms with Crippen molar-refractivity contribution in [1.29, 1.82) is 0 Å². The van der Waals surface area contributed by atoms with Crippen molar-refractivity contribution in [2.24, 2.45) is 0 Å². The van der Waals surface area contributed by atoms with E-state index in [1.54, 1.807) is 6.08 Å². The standard InChI is InChI=1S/C26H28N2O5/c1-4-28-15-18-14-22(31-2)25(24(29)23(18)20(16-28)26(30)32-3)33-13-7-9-19-12-11-17-8-5-6-10-21(17)27-19/h5-6,8,10-12,14-15,25H,4,7,9,13,16H2,1-3H3. The maximum Gasteiger partial charge on any atom is 0.336 e. The van der Waals surface area contributed by atoms with E-state index < -0.39 is 12.1 Å². The predicted octanol–water partition coefficient (Wildman–Crippen LogP) is 3.35. The molecule has 0 saturated heterocycles.